The molecule has 1 nitrogen and oxygen atoms in total. The number of nitrogens with one attached hydrogen (secondary N) is 1. The van der Waals surface area contributed by atoms with Gasteiger partial charge in [-0.3, -0.25) is 0 Å². The summed E-state index contributed by atoms with van der Waals surface area (Å²) < 4.78 is 13.5. The average Bonchev–Trinajstić information content (AvgIpc) is 2.29. The fourth-order valence-corrected chi connectivity index (χ4v) is 1.90. The molecule has 0 radical (unpaired) electrons. The summed E-state index contributed by atoms with van der Waals surface area (Å²) in [6.45, 7) is 5.33. The van der Waals surface area contributed by atoms with E-state index in [1.165, 1.54) is 6.07 Å². The molecule has 0 spiro atoms. The Morgan fingerprint density at radius 1 is 1.19 bits per heavy atom. The first-order valence-corrected chi connectivity index (χ1v) is 6.24. The van der Waals surface area contributed by atoms with Gasteiger partial charge in [-0.1, -0.05) is 38.5 Å². The van der Waals surface area contributed by atoms with Crippen molar-refractivity contribution in [2.75, 3.05) is 6.54 Å². The molecule has 0 aliphatic heterocycles. The number of hydrogen-bond acceptors (Lipinski definition) is 1. The van der Waals surface area contributed by atoms with Crippen LogP contribution in [-0.2, 0) is 6.42 Å². The Kier molecular flexibility index (Phi) is 6.09. The summed E-state index contributed by atoms with van der Waals surface area (Å²) in [6.07, 6.45) is 4.15. The second kappa shape index (κ2) is 7.39. The fraction of sp³-hybridized carbons (Fsp3) is 0.571. The van der Waals surface area contributed by atoms with E-state index in [1.54, 1.807) is 6.07 Å². The van der Waals surface area contributed by atoms with Crippen LogP contribution in [0.3, 0.4) is 0 Å². The molecular formula is C14H22FN. The first kappa shape index (κ1) is 13.2. The first-order chi connectivity index (χ1) is 7.77. The van der Waals surface area contributed by atoms with Crippen molar-refractivity contribution >= 4 is 0 Å². The molecule has 0 fully saturated rings. The highest BCUT2D eigenvalue weighted by Gasteiger charge is 2.10. The summed E-state index contributed by atoms with van der Waals surface area (Å²) >= 11 is 0. The van der Waals surface area contributed by atoms with Crippen LogP contribution in [0, 0.1) is 5.82 Å². The summed E-state index contributed by atoms with van der Waals surface area (Å²) in [5.41, 5.74) is 0.824. The van der Waals surface area contributed by atoms with Gasteiger partial charge in [0.2, 0.25) is 0 Å². The molecule has 1 unspecified atom stereocenters. The molecular weight excluding hydrogens is 201 g/mol. The Morgan fingerprint density at radius 2 is 1.94 bits per heavy atom. The molecule has 1 aromatic carbocycles. The molecule has 1 aromatic rings. The number of rotatable bonds is 7. The lowest BCUT2D eigenvalue weighted by molar-refractivity contribution is 0.464. The van der Waals surface area contributed by atoms with Crippen molar-refractivity contribution < 1.29 is 4.39 Å². The van der Waals surface area contributed by atoms with Crippen molar-refractivity contribution in [3.63, 3.8) is 0 Å². The van der Waals surface area contributed by atoms with Gasteiger partial charge in [0.05, 0.1) is 0 Å². The van der Waals surface area contributed by atoms with Crippen LogP contribution in [0.4, 0.5) is 4.39 Å². The zero-order valence-corrected chi connectivity index (χ0v) is 10.3. The minimum absolute atomic E-state index is 0.0816. The van der Waals surface area contributed by atoms with Crippen LogP contribution in [0.2, 0.25) is 0 Å². The summed E-state index contributed by atoms with van der Waals surface area (Å²) in [6, 6.07) is 7.47. The predicted octanol–water partition coefficient (Wildman–Crippen LogP) is 3.54. The maximum Gasteiger partial charge on any atom is 0.126 e. The second-order valence-electron chi connectivity index (χ2n) is 4.24. The molecule has 2 heteroatoms. The van der Waals surface area contributed by atoms with Gasteiger partial charge in [-0.2, -0.15) is 0 Å². The van der Waals surface area contributed by atoms with Crippen LogP contribution in [0.1, 0.15) is 38.7 Å². The largest absolute Gasteiger partial charge is 0.314 e. The van der Waals surface area contributed by atoms with Gasteiger partial charge in [0.25, 0.3) is 0 Å². The molecule has 1 rings (SSSR count). The van der Waals surface area contributed by atoms with Crippen LogP contribution in [0.25, 0.3) is 0 Å². The minimum atomic E-state index is -0.0816. The number of hydrogen-bond donors (Lipinski definition) is 1. The van der Waals surface area contributed by atoms with Crippen LogP contribution in [-0.4, -0.2) is 12.6 Å². The third-order valence-corrected chi connectivity index (χ3v) is 2.74. The SMILES string of the molecule is CCCNC(CCC)Cc1ccccc1F. The molecule has 90 valence electrons. The standard InChI is InChI=1S/C14H22FN/c1-3-7-13(16-10-4-2)11-12-8-5-6-9-14(12)15/h5-6,8-9,13,16H,3-4,7,10-11H2,1-2H3. The maximum absolute atomic E-state index is 13.5. The predicted molar refractivity (Wildman–Crippen MR) is 67.1 cm³/mol. The normalized spacial score (nSPS) is 12.7. The quantitative estimate of drug-likeness (QED) is 0.745. The van der Waals surface area contributed by atoms with Gasteiger partial charge < -0.3 is 5.32 Å². The van der Waals surface area contributed by atoms with E-state index in [4.69, 9.17) is 0 Å². The summed E-state index contributed by atoms with van der Waals surface area (Å²) in [5, 5.41) is 3.48. The van der Waals surface area contributed by atoms with Gasteiger partial charge in [0, 0.05) is 6.04 Å². The fourth-order valence-electron chi connectivity index (χ4n) is 1.90. The van der Waals surface area contributed by atoms with E-state index in [1.807, 2.05) is 12.1 Å². The lowest BCUT2D eigenvalue weighted by Crippen LogP contribution is -2.31. The summed E-state index contributed by atoms with van der Waals surface area (Å²) in [4.78, 5) is 0. The first-order valence-electron chi connectivity index (χ1n) is 6.24. The van der Waals surface area contributed by atoms with Crippen molar-refractivity contribution in [3.05, 3.63) is 35.6 Å². The zero-order valence-electron chi connectivity index (χ0n) is 10.3. The molecule has 0 amide bonds. The van der Waals surface area contributed by atoms with Gasteiger partial charge in [-0.25, -0.2) is 4.39 Å². The van der Waals surface area contributed by atoms with Gasteiger partial charge in [0.15, 0.2) is 0 Å². The van der Waals surface area contributed by atoms with Gasteiger partial charge in [0.1, 0.15) is 5.82 Å². The minimum Gasteiger partial charge on any atom is -0.314 e. The summed E-state index contributed by atoms with van der Waals surface area (Å²) in [7, 11) is 0. The monoisotopic (exact) mass is 223 g/mol. The molecule has 1 atom stereocenters. The third kappa shape index (κ3) is 4.31. The van der Waals surface area contributed by atoms with Crippen LogP contribution < -0.4 is 5.32 Å². The highest BCUT2D eigenvalue weighted by molar-refractivity contribution is 5.18. The van der Waals surface area contributed by atoms with Gasteiger partial charge >= 0.3 is 0 Å². The van der Waals surface area contributed by atoms with E-state index >= 15 is 0 Å². The molecule has 0 bridgehead atoms. The molecule has 0 aliphatic rings. The number of halogens is 1. The highest BCUT2D eigenvalue weighted by Crippen LogP contribution is 2.11. The van der Waals surface area contributed by atoms with Crippen molar-refractivity contribution in [1.82, 2.24) is 5.32 Å². The van der Waals surface area contributed by atoms with Gasteiger partial charge in [-0.15, -0.1) is 0 Å². The van der Waals surface area contributed by atoms with Crippen molar-refractivity contribution in [3.8, 4) is 0 Å². The Morgan fingerprint density at radius 3 is 2.56 bits per heavy atom. The lowest BCUT2D eigenvalue weighted by atomic mass is 10.0. The van der Waals surface area contributed by atoms with Gasteiger partial charge in [-0.05, 0) is 37.4 Å². The molecule has 0 saturated heterocycles. The second-order valence-corrected chi connectivity index (χ2v) is 4.24. The lowest BCUT2D eigenvalue weighted by Gasteiger charge is -2.18. The van der Waals surface area contributed by atoms with Crippen LogP contribution in [0.5, 0.6) is 0 Å². The molecule has 0 saturated carbocycles. The average molecular weight is 223 g/mol. The van der Waals surface area contributed by atoms with Crippen molar-refractivity contribution in [2.24, 2.45) is 0 Å². The van der Waals surface area contributed by atoms with Crippen molar-refractivity contribution in [1.29, 1.82) is 0 Å². The Balaban J connectivity index is 2.56. The number of benzene rings is 1. The molecule has 1 N–H and O–H groups in total. The van der Waals surface area contributed by atoms with E-state index < -0.39 is 0 Å². The van der Waals surface area contributed by atoms with E-state index in [9.17, 15) is 4.39 Å². The highest BCUT2D eigenvalue weighted by atomic mass is 19.1. The van der Waals surface area contributed by atoms with Crippen molar-refractivity contribution in [2.45, 2.75) is 45.6 Å². The smallest absolute Gasteiger partial charge is 0.126 e. The Hall–Kier alpha value is -0.890. The topological polar surface area (TPSA) is 12.0 Å². The van der Waals surface area contributed by atoms with E-state index in [0.717, 1.165) is 37.8 Å². The Bertz CT molecular complexity index is 299. The molecule has 0 aromatic heterocycles. The third-order valence-electron chi connectivity index (χ3n) is 2.74. The Labute approximate surface area is 98.1 Å². The van der Waals surface area contributed by atoms with Crippen LogP contribution in [0.15, 0.2) is 24.3 Å². The summed E-state index contributed by atoms with van der Waals surface area (Å²) in [5.74, 6) is -0.0816. The van der Waals surface area contributed by atoms with E-state index in [-0.39, 0.29) is 5.82 Å². The zero-order chi connectivity index (χ0) is 11.8. The maximum atomic E-state index is 13.5. The van der Waals surface area contributed by atoms with Crippen LogP contribution >= 0.6 is 0 Å². The molecule has 0 aliphatic carbocycles. The van der Waals surface area contributed by atoms with E-state index in [0.29, 0.717) is 6.04 Å². The van der Waals surface area contributed by atoms with E-state index in [2.05, 4.69) is 19.2 Å². The molecule has 0 heterocycles. The molecule has 16 heavy (non-hydrogen) atoms.